The highest BCUT2D eigenvalue weighted by molar-refractivity contribution is 5.12. The van der Waals surface area contributed by atoms with Crippen molar-refractivity contribution < 1.29 is 0 Å². The molecule has 1 unspecified atom stereocenters. The topological polar surface area (TPSA) is 29.9 Å². The molecule has 0 saturated heterocycles. The Labute approximate surface area is 109 Å². The molecule has 2 heterocycles. The van der Waals surface area contributed by atoms with Crippen LogP contribution in [-0.4, -0.2) is 9.55 Å². The predicted molar refractivity (Wildman–Crippen MR) is 74.2 cm³/mol. The Hall–Kier alpha value is -1.61. The van der Waals surface area contributed by atoms with E-state index in [0.717, 1.165) is 18.8 Å². The molecule has 1 N–H and O–H groups in total. The number of nitrogens with zero attached hydrogens (tertiary/aromatic N) is 2. The highest BCUT2D eigenvalue weighted by Crippen LogP contribution is 2.10. The molecule has 0 aliphatic rings. The lowest BCUT2D eigenvalue weighted by molar-refractivity contribution is 0.560. The molecule has 3 heteroatoms. The van der Waals surface area contributed by atoms with Crippen LogP contribution in [0, 0.1) is 0 Å². The molecule has 96 valence electrons. The van der Waals surface area contributed by atoms with Gasteiger partial charge in [-0.1, -0.05) is 13.0 Å². The molecule has 2 aromatic rings. The summed E-state index contributed by atoms with van der Waals surface area (Å²) in [5, 5.41) is 3.49. The SMILES string of the molecule is CCCn1ccc(CNC(C)c2ccccn2)c1. The number of hydrogen-bond acceptors (Lipinski definition) is 2. The Morgan fingerprint density at radius 2 is 2.22 bits per heavy atom. The van der Waals surface area contributed by atoms with E-state index in [0.29, 0.717) is 0 Å². The smallest absolute Gasteiger partial charge is 0.0570 e. The molecular weight excluding hydrogens is 222 g/mol. The quantitative estimate of drug-likeness (QED) is 0.844. The van der Waals surface area contributed by atoms with Crippen molar-refractivity contribution in [3.8, 4) is 0 Å². The molecule has 0 aromatic carbocycles. The Bertz CT molecular complexity index is 462. The van der Waals surface area contributed by atoms with Gasteiger partial charge in [-0.2, -0.15) is 0 Å². The Kier molecular flexibility index (Phi) is 4.53. The van der Waals surface area contributed by atoms with E-state index in [1.165, 1.54) is 12.0 Å². The molecule has 1 atom stereocenters. The van der Waals surface area contributed by atoms with Gasteiger partial charge in [0.1, 0.15) is 0 Å². The van der Waals surface area contributed by atoms with Crippen molar-refractivity contribution in [2.75, 3.05) is 0 Å². The molecule has 18 heavy (non-hydrogen) atoms. The van der Waals surface area contributed by atoms with Gasteiger partial charge in [-0.05, 0) is 37.1 Å². The van der Waals surface area contributed by atoms with E-state index in [4.69, 9.17) is 0 Å². The maximum absolute atomic E-state index is 4.36. The summed E-state index contributed by atoms with van der Waals surface area (Å²) in [6.45, 7) is 6.32. The number of pyridine rings is 1. The fourth-order valence-corrected chi connectivity index (χ4v) is 2.00. The molecule has 0 spiro atoms. The first-order chi connectivity index (χ1) is 8.79. The molecule has 2 rings (SSSR count). The summed E-state index contributed by atoms with van der Waals surface area (Å²) in [6, 6.07) is 8.48. The maximum atomic E-state index is 4.36. The summed E-state index contributed by atoms with van der Waals surface area (Å²) in [6.07, 6.45) is 7.37. The highest BCUT2D eigenvalue weighted by atomic mass is 15.0. The van der Waals surface area contributed by atoms with Gasteiger partial charge in [-0.15, -0.1) is 0 Å². The van der Waals surface area contributed by atoms with Gasteiger partial charge in [0.25, 0.3) is 0 Å². The summed E-state index contributed by atoms with van der Waals surface area (Å²) < 4.78 is 2.24. The summed E-state index contributed by atoms with van der Waals surface area (Å²) >= 11 is 0. The lowest BCUT2D eigenvalue weighted by atomic mass is 10.2. The van der Waals surface area contributed by atoms with Gasteiger partial charge in [0.15, 0.2) is 0 Å². The number of aromatic nitrogens is 2. The van der Waals surface area contributed by atoms with Crippen LogP contribution in [0.1, 0.15) is 37.6 Å². The van der Waals surface area contributed by atoms with Gasteiger partial charge in [0, 0.05) is 37.7 Å². The van der Waals surface area contributed by atoms with Crippen LogP contribution in [-0.2, 0) is 13.1 Å². The Balaban J connectivity index is 1.87. The van der Waals surface area contributed by atoms with E-state index in [-0.39, 0.29) is 6.04 Å². The second-order valence-electron chi connectivity index (χ2n) is 4.61. The van der Waals surface area contributed by atoms with Crippen LogP contribution in [0.4, 0.5) is 0 Å². The standard InChI is InChI=1S/C15H21N3/c1-3-9-18-10-7-14(12-18)11-17-13(2)15-6-4-5-8-16-15/h4-8,10,12-13,17H,3,9,11H2,1-2H3. The second kappa shape index (κ2) is 6.36. The van der Waals surface area contributed by atoms with Crippen LogP contribution >= 0.6 is 0 Å². The molecule has 0 amide bonds. The van der Waals surface area contributed by atoms with Gasteiger partial charge in [-0.25, -0.2) is 0 Å². The number of aryl methyl sites for hydroxylation is 1. The average molecular weight is 243 g/mol. The van der Waals surface area contributed by atoms with E-state index in [9.17, 15) is 0 Å². The zero-order valence-corrected chi connectivity index (χ0v) is 11.1. The van der Waals surface area contributed by atoms with E-state index in [2.05, 4.69) is 53.2 Å². The van der Waals surface area contributed by atoms with Gasteiger partial charge in [-0.3, -0.25) is 4.98 Å². The minimum Gasteiger partial charge on any atom is -0.354 e. The zero-order chi connectivity index (χ0) is 12.8. The van der Waals surface area contributed by atoms with Gasteiger partial charge >= 0.3 is 0 Å². The summed E-state index contributed by atoms with van der Waals surface area (Å²) in [5.41, 5.74) is 2.41. The molecule has 3 nitrogen and oxygen atoms in total. The van der Waals surface area contributed by atoms with Crippen molar-refractivity contribution in [2.24, 2.45) is 0 Å². The van der Waals surface area contributed by atoms with E-state index < -0.39 is 0 Å². The second-order valence-corrected chi connectivity index (χ2v) is 4.61. The fraction of sp³-hybridized carbons (Fsp3) is 0.400. The first-order valence-corrected chi connectivity index (χ1v) is 6.58. The van der Waals surface area contributed by atoms with E-state index >= 15 is 0 Å². The molecule has 0 saturated carbocycles. The minimum atomic E-state index is 0.278. The molecular formula is C15H21N3. The molecule has 0 fully saturated rings. The van der Waals surface area contributed by atoms with E-state index in [1.54, 1.807) is 0 Å². The zero-order valence-electron chi connectivity index (χ0n) is 11.1. The number of rotatable bonds is 6. The van der Waals surface area contributed by atoms with Crippen LogP contribution in [0.3, 0.4) is 0 Å². The number of nitrogens with one attached hydrogen (secondary N) is 1. The average Bonchev–Trinajstić information content (AvgIpc) is 2.85. The third kappa shape index (κ3) is 3.44. The number of hydrogen-bond donors (Lipinski definition) is 1. The van der Waals surface area contributed by atoms with Crippen molar-refractivity contribution in [1.29, 1.82) is 0 Å². The largest absolute Gasteiger partial charge is 0.354 e. The third-order valence-corrected chi connectivity index (χ3v) is 3.04. The lowest BCUT2D eigenvalue weighted by Gasteiger charge is -2.12. The van der Waals surface area contributed by atoms with Crippen LogP contribution in [0.15, 0.2) is 42.9 Å². The van der Waals surface area contributed by atoms with Crippen LogP contribution in [0.2, 0.25) is 0 Å². The summed E-state index contributed by atoms with van der Waals surface area (Å²) in [4.78, 5) is 4.36. The van der Waals surface area contributed by atoms with Crippen LogP contribution < -0.4 is 5.32 Å². The van der Waals surface area contributed by atoms with Gasteiger partial charge in [0.2, 0.25) is 0 Å². The molecule has 0 bridgehead atoms. The molecule has 0 aliphatic carbocycles. The molecule has 0 radical (unpaired) electrons. The summed E-state index contributed by atoms with van der Waals surface area (Å²) in [7, 11) is 0. The Morgan fingerprint density at radius 1 is 1.33 bits per heavy atom. The van der Waals surface area contributed by atoms with Crippen molar-refractivity contribution in [3.05, 3.63) is 54.1 Å². The highest BCUT2D eigenvalue weighted by Gasteiger charge is 2.05. The fourth-order valence-electron chi connectivity index (χ4n) is 2.00. The monoisotopic (exact) mass is 243 g/mol. The van der Waals surface area contributed by atoms with Gasteiger partial charge < -0.3 is 9.88 Å². The van der Waals surface area contributed by atoms with Crippen LogP contribution in [0.5, 0.6) is 0 Å². The Morgan fingerprint density at radius 3 is 2.94 bits per heavy atom. The van der Waals surface area contributed by atoms with Crippen molar-refractivity contribution in [3.63, 3.8) is 0 Å². The third-order valence-electron chi connectivity index (χ3n) is 3.04. The van der Waals surface area contributed by atoms with Crippen molar-refractivity contribution in [1.82, 2.24) is 14.9 Å². The van der Waals surface area contributed by atoms with Crippen molar-refractivity contribution >= 4 is 0 Å². The minimum absolute atomic E-state index is 0.278. The maximum Gasteiger partial charge on any atom is 0.0570 e. The van der Waals surface area contributed by atoms with Crippen molar-refractivity contribution in [2.45, 2.75) is 39.4 Å². The van der Waals surface area contributed by atoms with Gasteiger partial charge in [0.05, 0.1) is 5.69 Å². The first-order valence-electron chi connectivity index (χ1n) is 6.58. The lowest BCUT2D eigenvalue weighted by Crippen LogP contribution is -2.18. The predicted octanol–water partition coefficient (Wildman–Crippen LogP) is 3.14. The molecule has 0 aliphatic heterocycles. The summed E-state index contributed by atoms with van der Waals surface area (Å²) in [5.74, 6) is 0. The molecule has 2 aromatic heterocycles. The normalized spacial score (nSPS) is 12.6. The van der Waals surface area contributed by atoms with Crippen LogP contribution in [0.25, 0.3) is 0 Å². The van der Waals surface area contributed by atoms with E-state index in [1.807, 2.05) is 18.3 Å². The first kappa shape index (κ1) is 12.8.